The van der Waals surface area contributed by atoms with Crippen molar-refractivity contribution in [3.8, 4) is 22.6 Å². The van der Waals surface area contributed by atoms with Crippen LogP contribution in [0.15, 0.2) is 79.1 Å². The molecule has 0 amide bonds. The molecule has 0 spiro atoms. The Kier molecular flexibility index (Phi) is 5.38. The van der Waals surface area contributed by atoms with Crippen molar-refractivity contribution < 1.29 is 9.50 Å². The summed E-state index contributed by atoms with van der Waals surface area (Å²) >= 11 is 0. The Morgan fingerprint density at radius 3 is 2.67 bits per heavy atom. The number of aromatic amines is 1. The van der Waals surface area contributed by atoms with Crippen molar-refractivity contribution >= 4 is 22.6 Å². The number of aliphatic hydroxyl groups excluding tert-OH is 1. The van der Waals surface area contributed by atoms with Crippen LogP contribution in [0, 0.1) is 5.82 Å². The number of hydrogen-bond acceptors (Lipinski definition) is 6. The van der Waals surface area contributed by atoms with Crippen LogP contribution < -0.4 is 5.32 Å². The Morgan fingerprint density at radius 1 is 1.03 bits per heavy atom. The minimum atomic E-state index is -0.320. The lowest BCUT2D eigenvalue weighted by atomic mass is 10.1. The monoisotopic (exact) mass is 479 g/mol. The van der Waals surface area contributed by atoms with Crippen LogP contribution >= 0.6 is 0 Å². The van der Waals surface area contributed by atoms with Gasteiger partial charge in [0, 0.05) is 18.0 Å². The molecule has 2 aromatic carbocycles. The van der Waals surface area contributed by atoms with E-state index in [1.165, 1.54) is 12.1 Å². The van der Waals surface area contributed by atoms with Crippen LogP contribution in [0.5, 0.6) is 0 Å². The van der Waals surface area contributed by atoms with Crippen molar-refractivity contribution in [2.75, 3.05) is 5.32 Å². The highest BCUT2D eigenvalue weighted by molar-refractivity contribution is 5.81. The molecule has 1 atom stereocenters. The maximum absolute atomic E-state index is 13.6. The third-order valence-corrected chi connectivity index (χ3v) is 6.05. The summed E-state index contributed by atoms with van der Waals surface area (Å²) in [5, 5.41) is 12.9. The average Bonchev–Trinajstić information content (AvgIpc) is 3.51. The summed E-state index contributed by atoms with van der Waals surface area (Å²) in [5.41, 5.74) is 6.05. The second-order valence-electron chi connectivity index (χ2n) is 8.51. The molecule has 0 aliphatic heterocycles. The Morgan fingerprint density at radius 2 is 1.86 bits per heavy atom. The lowest BCUT2D eigenvalue weighted by molar-refractivity contribution is 0.282. The van der Waals surface area contributed by atoms with E-state index in [9.17, 15) is 9.50 Å². The van der Waals surface area contributed by atoms with Gasteiger partial charge in [-0.3, -0.25) is 4.40 Å². The van der Waals surface area contributed by atoms with E-state index < -0.39 is 0 Å². The number of nitrogens with zero attached hydrogens (tertiary/aromatic N) is 5. The fraction of sp³-hybridized carbons (Fsp3) is 0.111. The van der Waals surface area contributed by atoms with Crippen molar-refractivity contribution in [2.45, 2.75) is 19.6 Å². The van der Waals surface area contributed by atoms with Gasteiger partial charge in [0.1, 0.15) is 17.3 Å². The van der Waals surface area contributed by atoms with E-state index in [-0.39, 0.29) is 18.5 Å². The molecule has 178 valence electrons. The minimum absolute atomic E-state index is 0.0914. The molecule has 1 unspecified atom stereocenters. The number of halogens is 1. The molecule has 0 aliphatic carbocycles. The third-order valence-electron chi connectivity index (χ3n) is 6.05. The van der Waals surface area contributed by atoms with E-state index in [1.54, 1.807) is 18.3 Å². The van der Waals surface area contributed by atoms with Crippen molar-refractivity contribution in [2.24, 2.45) is 0 Å². The van der Waals surface area contributed by atoms with Crippen LogP contribution in [0.25, 0.3) is 39.3 Å². The molecule has 0 saturated heterocycles. The number of anilines is 1. The molecule has 0 radical (unpaired) electrons. The van der Waals surface area contributed by atoms with Gasteiger partial charge in [-0.05, 0) is 67.1 Å². The zero-order chi connectivity index (χ0) is 24.6. The van der Waals surface area contributed by atoms with Gasteiger partial charge < -0.3 is 15.4 Å². The van der Waals surface area contributed by atoms with Crippen LogP contribution in [-0.4, -0.2) is 34.4 Å². The highest BCUT2D eigenvalue weighted by Crippen LogP contribution is 2.33. The fourth-order valence-electron chi connectivity index (χ4n) is 4.24. The molecule has 0 fully saturated rings. The molecule has 36 heavy (non-hydrogen) atoms. The molecule has 6 rings (SSSR count). The van der Waals surface area contributed by atoms with Crippen molar-refractivity contribution in [3.63, 3.8) is 0 Å². The summed E-state index contributed by atoms with van der Waals surface area (Å²) in [5.74, 6) is 0.899. The predicted molar refractivity (Wildman–Crippen MR) is 136 cm³/mol. The van der Waals surface area contributed by atoms with E-state index in [4.69, 9.17) is 9.97 Å². The van der Waals surface area contributed by atoms with E-state index in [1.807, 2.05) is 60.0 Å². The second-order valence-corrected chi connectivity index (χ2v) is 8.51. The summed E-state index contributed by atoms with van der Waals surface area (Å²) in [6, 6.07) is 19.4. The Hall–Kier alpha value is -4.63. The zero-order valence-corrected chi connectivity index (χ0v) is 19.4. The first-order chi connectivity index (χ1) is 17.6. The first-order valence-corrected chi connectivity index (χ1v) is 11.5. The van der Waals surface area contributed by atoms with Gasteiger partial charge in [0.05, 0.1) is 40.8 Å². The molecule has 3 N–H and O–H groups in total. The van der Waals surface area contributed by atoms with Gasteiger partial charge >= 0.3 is 0 Å². The number of aromatic nitrogens is 6. The summed E-state index contributed by atoms with van der Waals surface area (Å²) in [6.07, 6.45) is 3.54. The maximum Gasteiger partial charge on any atom is 0.223 e. The minimum Gasteiger partial charge on any atom is -0.392 e. The smallest absolute Gasteiger partial charge is 0.223 e. The standard InChI is InChI=1S/C27H22FN7O/c1-16(26-31-20-4-2-3-5-21(20)32-26)30-27-29-12-10-22(33-27)25-24(18-6-8-19(28)9-7-18)34-23-14-17(15-36)11-13-35(23)25/h2-14,16,36H,15H2,1H3,(H,31,32)(H,29,30,33). The Bertz CT molecular complexity index is 1660. The molecular weight excluding hydrogens is 457 g/mol. The number of imidazole rings is 2. The van der Waals surface area contributed by atoms with Crippen LogP contribution in [-0.2, 0) is 6.61 Å². The number of hydrogen-bond donors (Lipinski definition) is 3. The predicted octanol–water partition coefficient (Wildman–Crippen LogP) is 5.14. The summed E-state index contributed by atoms with van der Waals surface area (Å²) in [7, 11) is 0. The van der Waals surface area contributed by atoms with Gasteiger partial charge in [-0.25, -0.2) is 24.3 Å². The number of aliphatic hydroxyl groups is 1. The number of para-hydroxylation sites is 2. The van der Waals surface area contributed by atoms with Crippen LogP contribution in [0.1, 0.15) is 24.4 Å². The zero-order valence-electron chi connectivity index (χ0n) is 19.4. The molecule has 4 aromatic heterocycles. The molecule has 0 aliphatic rings. The number of nitrogens with one attached hydrogen (secondary N) is 2. The topological polar surface area (TPSA) is 104 Å². The number of H-pyrrole nitrogens is 1. The molecular formula is C27H22FN7O. The van der Waals surface area contributed by atoms with Crippen LogP contribution in [0.3, 0.4) is 0 Å². The number of pyridine rings is 1. The maximum atomic E-state index is 13.6. The lowest BCUT2D eigenvalue weighted by Crippen LogP contribution is -2.11. The van der Waals surface area contributed by atoms with E-state index in [0.717, 1.165) is 33.7 Å². The van der Waals surface area contributed by atoms with Crippen LogP contribution in [0.4, 0.5) is 10.3 Å². The Balaban J connectivity index is 1.41. The molecule has 9 heteroatoms. The SMILES string of the molecule is CC(Nc1nccc(-c2c(-c3ccc(F)cc3)nc3cc(CO)ccn23)n1)c1nc2ccccc2[nH]1. The first-order valence-electron chi connectivity index (χ1n) is 11.5. The number of benzene rings is 2. The molecule has 6 aromatic rings. The Labute approximate surface area is 205 Å². The summed E-state index contributed by atoms with van der Waals surface area (Å²) in [6.45, 7) is 1.90. The molecule has 4 heterocycles. The molecule has 0 saturated carbocycles. The fourth-order valence-corrected chi connectivity index (χ4v) is 4.24. The second kappa shape index (κ2) is 8.86. The first kappa shape index (κ1) is 21.9. The highest BCUT2D eigenvalue weighted by Gasteiger charge is 2.19. The normalized spacial score (nSPS) is 12.3. The average molecular weight is 480 g/mol. The van der Waals surface area contributed by atoms with Gasteiger partial charge in [-0.15, -0.1) is 0 Å². The van der Waals surface area contributed by atoms with Gasteiger partial charge in [0.2, 0.25) is 5.95 Å². The molecule has 0 bridgehead atoms. The van der Waals surface area contributed by atoms with Crippen molar-refractivity contribution in [3.05, 3.63) is 96.3 Å². The lowest BCUT2D eigenvalue weighted by Gasteiger charge is -2.12. The summed E-state index contributed by atoms with van der Waals surface area (Å²) in [4.78, 5) is 22.0. The van der Waals surface area contributed by atoms with Gasteiger partial charge in [-0.2, -0.15) is 0 Å². The van der Waals surface area contributed by atoms with Crippen molar-refractivity contribution in [1.82, 2.24) is 29.3 Å². The van der Waals surface area contributed by atoms with E-state index in [0.29, 0.717) is 23.0 Å². The van der Waals surface area contributed by atoms with E-state index >= 15 is 0 Å². The largest absolute Gasteiger partial charge is 0.392 e. The van der Waals surface area contributed by atoms with Gasteiger partial charge in [0.25, 0.3) is 0 Å². The van der Waals surface area contributed by atoms with Crippen molar-refractivity contribution in [1.29, 1.82) is 0 Å². The van der Waals surface area contributed by atoms with Crippen LogP contribution in [0.2, 0.25) is 0 Å². The quantitative estimate of drug-likeness (QED) is 0.306. The molecule has 8 nitrogen and oxygen atoms in total. The van der Waals surface area contributed by atoms with Gasteiger partial charge in [-0.1, -0.05) is 12.1 Å². The third kappa shape index (κ3) is 3.95. The highest BCUT2D eigenvalue weighted by atomic mass is 19.1. The number of fused-ring (bicyclic) bond motifs is 2. The van der Waals surface area contributed by atoms with Gasteiger partial charge in [0.15, 0.2) is 0 Å². The number of rotatable bonds is 6. The summed E-state index contributed by atoms with van der Waals surface area (Å²) < 4.78 is 15.5. The van der Waals surface area contributed by atoms with E-state index in [2.05, 4.69) is 20.3 Å².